The Morgan fingerprint density at radius 1 is 1.27 bits per heavy atom. The largest absolute Gasteiger partial charge is 0.396 e. The van der Waals surface area contributed by atoms with Crippen LogP contribution in [0.25, 0.3) is 0 Å². The van der Waals surface area contributed by atoms with Crippen molar-refractivity contribution in [1.82, 2.24) is 0 Å². The van der Waals surface area contributed by atoms with Gasteiger partial charge in [-0.3, -0.25) is 4.57 Å². The van der Waals surface area contributed by atoms with Crippen molar-refractivity contribution in [2.24, 2.45) is 5.92 Å². The smallest absolute Gasteiger partial charge is 0.334 e. The van der Waals surface area contributed by atoms with Crippen molar-refractivity contribution >= 4 is 7.60 Å². The van der Waals surface area contributed by atoms with Gasteiger partial charge in [0.2, 0.25) is 0 Å². The summed E-state index contributed by atoms with van der Waals surface area (Å²) in [6.45, 7) is 7.43. The molecule has 1 fully saturated rings. The number of aliphatic hydroxyl groups is 1. The molecule has 0 amide bonds. The van der Waals surface area contributed by atoms with Crippen LogP contribution in [0, 0.1) is 5.92 Å². The first kappa shape index (κ1) is 13.2. The molecular formula is C10H21O4P. The molecule has 0 aliphatic heterocycles. The van der Waals surface area contributed by atoms with E-state index in [1.54, 1.807) is 0 Å². The summed E-state index contributed by atoms with van der Waals surface area (Å²) in [5.74, 6) is 0.0910. The predicted molar refractivity (Wildman–Crippen MR) is 59.0 cm³/mol. The van der Waals surface area contributed by atoms with Crippen molar-refractivity contribution < 1.29 is 18.7 Å². The topological polar surface area (TPSA) is 55.8 Å². The monoisotopic (exact) mass is 236 g/mol. The van der Waals surface area contributed by atoms with Gasteiger partial charge in [0.15, 0.2) is 0 Å². The van der Waals surface area contributed by atoms with E-state index < -0.39 is 7.60 Å². The van der Waals surface area contributed by atoms with Crippen LogP contribution in [0.3, 0.4) is 0 Å². The standard InChI is InChI=1S/C10H21O4P/c1-7(2)13-15(12,14-8(3)4)10-5-9(10)6-11/h7-11H,5-6H2,1-4H3/t9-,10?/m0/s1. The first-order valence-corrected chi connectivity index (χ1v) is 7.07. The first-order chi connectivity index (χ1) is 6.89. The van der Waals surface area contributed by atoms with Crippen LogP contribution in [-0.2, 0) is 13.6 Å². The molecular weight excluding hydrogens is 215 g/mol. The van der Waals surface area contributed by atoms with Crippen molar-refractivity contribution in [3.63, 3.8) is 0 Å². The van der Waals surface area contributed by atoms with E-state index in [9.17, 15) is 4.57 Å². The Kier molecular flexibility index (Phi) is 4.36. The van der Waals surface area contributed by atoms with Gasteiger partial charge in [-0.2, -0.15) is 0 Å². The van der Waals surface area contributed by atoms with Gasteiger partial charge >= 0.3 is 7.60 Å². The fourth-order valence-electron chi connectivity index (χ4n) is 1.58. The maximum Gasteiger partial charge on any atom is 0.334 e. The number of aliphatic hydroxyl groups excluding tert-OH is 1. The van der Waals surface area contributed by atoms with E-state index in [0.29, 0.717) is 0 Å². The molecule has 0 aromatic carbocycles. The van der Waals surface area contributed by atoms with Crippen LogP contribution in [0.4, 0.5) is 0 Å². The lowest BCUT2D eigenvalue weighted by Crippen LogP contribution is -2.12. The highest BCUT2D eigenvalue weighted by atomic mass is 31.2. The molecule has 0 radical (unpaired) electrons. The fraction of sp³-hybridized carbons (Fsp3) is 1.00. The lowest BCUT2D eigenvalue weighted by Gasteiger charge is -2.22. The van der Waals surface area contributed by atoms with Gasteiger partial charge in [-0.05, 0) is 40.0 Å². The molecule has 1 unspecified atom stereocenters. The van der Waals surface area contributed by atoms with E-state index in [0.717, 1.165) is 6.42 Å². The van der Waals surface area contributed by atoms with Gasteiger partial charge in [-0.25, -0.2) is 0 Å². The average Bonchev–Trinajstić information content (AvgIpc) is 2.78. The number of hydrogen-bond acceptors (Lipinski definition) is 4. The molecule has 1 saturated carbocycles. The maximum absolute atomic E-state index is 12.4. The summed E-state index contributed by atoms with van der Waals surface area (Å²) >= 11 is 0. The molecule has 0 heterocycles. The van der Waals surface area contributed by atoms with Crippen LogP contribution < -0.4 is 0 Å². The molecule has 4 nitrogen and oxygen atoms in total. The third-order valence-corrected chi connectivity index (χ3v) is 5.12. The lowest BCUT2D eigenvalue weighted by molar-refractivity contribution is 0.139. The van der Waals surface area contributed by atoms with Gasteiger partial charge < -0.3 is 14.2 Å². The second-order valence-corrected chi connectivity index (χ2v) is 6.76. The van der Waals surface area contributed by atoms with Gasteiger partial charge in [-0.15, -0.1) is 0 Å². The van der Waals surface area contributed by atoms with Crippen molar-refractivity contribution in [3.8, 4) is 0 Å². The molecule has 0 saturated heterocycles. The van der Waals surface area contributed by atoms with Crippen LogP contribution in [0.15, 0.2) is 0 Å². The third kappa shape index (κ3) is 3.56. The van der Waals surface area contributed by atoms with Crippen molar-refractivity contribution in [2.45, 2.75) is 52.0 Å². The molecule has 1 aliphatic carbocycles. The molecule has 1 rings (SSSR count). The van der Waals surface area contributed by atoms with Gasteiger partial charge in [0.1, 0.15) is 0 Å². The molecule has 1 aliphatic rings. The second kappa shape index (κ2) is 4.96. The Hall–Kier alpha value is 0.110. The zero-order valence-corrected chi connectivity index (χ0v) is 10.7. The summed E-state index contributed by atoms with van der Waals surface area (Å²) in [5.41, 5.74) is -0.104. The molecule has 15 heavy (non-hydrogen) atoms. The second-order valence-electron chi connectivity index (χ2n) is 4.59. The highest BCUT2D eigenvalue weighted by molar-refractivity contribution is 7.55. The van der Waals surface area contributed by atoms with Gasteiger partial charge in [0.25, 0.3) is 0 Å². The summed E-state index contributed by atoms with van der Waals surface area (Å²) in [4.78, 5) is 0. The van der Waals surface area contributed by atoms with Crippen molar-refractivity contribution in [3.05, 3.63) is 0 Å². The predicted octanol–water partition coefficient (Wildman–Crippen LogP) is 2.41. The van der Waals surface area contributed by atoms with Crippen LogP contribution >= 0.6 is 7.60 Å². The van der Waals surface area contributed by atoms with E-state index in [1.807, 2.05) is 27.7 Å². The van der Waals surface area contributed by atoms with Crippen molar-refractivity contribution in [2.75, 3.05) is 6.61 Å². The highest BCUT2D eigenvalue weighted by Crippen LogP contribution is 2.66. The Morgan fingerprint density at radius 2 is 1.73 bits per heavy atom. The van der Waals surface area contributed by atoms with Crippen LogP contribution in [-0.4, -0.2) is 29.6 Å². The molecule has 0 bridgehead atoms. The van der Waals surface area contributed by atoms with E-state index in [4.69, 9.17) is 14.2 Å². The maximum atomic E-state index is 12.4. The number of hydrogen-bond donors (Lipinski definition) is 1. The molecule has 2 atom stereocenters. The SMILES string of the molecule is CC(C)OP(=O)(OC(C)C)C1C[C@H]1CO. The van der Waals surface area contributed by atoms with E-state index in [-0.39, 0.29) is 30.4 Å². The van der Waals surface area contributed by atoms with Crippen molar-refractivity contribution in [1.29, 1.82) is 0 Å². The highest BCUT2D eigenvalue weighted by Gasteiger charge is 2.53. The molecule has 0 spiro atoms. The minimum atomic E-state index is -3.03. The van der Waals surface area contributed by atoms with Gasteiger partial charge in [-0.1, -0.05) is 0 Å². The normalized spacial score (nSPS) is 26.3. The molecule has 0 aromatic rings. The zero-order valence-electron chi connectivity index (χ0n) is 9.84. The van der Waals surface area contributed by atoms with E-state index in [2.05, 4.69) is 0 Å². The summed E-state index contributed by atoms with van der Waals surface area (Å²) in [7, 11) is -3.03. The Labute approximate surface area is 91.5 Å². The zero-order chi connectivity index (χ0) is 11.6. The first-order valence-electron chi connectivity index (χ1n) is 5.46. The summed E-state index contributed by atoms with van der Waals surface area (Å²) in [6, 6.07) is 0. The third-order valence-electron chi connectivity index (χ3n) is 2.24. The quantitative estimate of drug-likeness (QED) is 0.719. The molecule has 90 valence electrons. The Morgan fingerprint density at radius 3 is 2.00 bits per heavy atom. The van der Waals surface area contributed by atoms with E-state index >= 15 is 0 Å². The molecule has 0 aromatic heterocycles. The minimum absolute atomic E-state index is 0.0670. The number of rotatable bonds is 6. The Bertz CT molecular complexity index is 238. The molecule has 5 heteroatoms. The van der Waals surface area contributed by atoms with Crippen LogP contribution in [0.2, 0.25) is 0 Å². The minimum Gasteiger partial charge on any atom is -0.396 e. The average molecular weight is 236 g/mol. The Balaban J connectivity index is 2.65. The summed E-state index contributed by atoms with van der Waals surface area (Å²) < 4.78 is 23.3. The van der Waals surface area contributed by atoms with Crippen LogP contribution in [0.1, 0.15) is 34.1 Å². The summed E-state index contributed by atoms with van der Waals surface area (Å²) in [6.07, 6.45) is 0.511. The van der Waals surface area contributed by atoms with E-state index in [1.165, 1.54) is 0 Å². The summed E-state index contributed by atoms with van der Waals surface area (Å²) in [5, 5.41) is 8.98. The van der Waals surface area contributed by atoms with Gasteiger partial charge in [0, 0.05) is 6.61 Å². The lowest BCUT2D eigenvalue weighted by atomic mass is 10.5. The van der Waals surface area contributed by atoms with Crippen LogP contribution in [0.5, 0.6) is 0 Å². The fourth-order valence-corrected chi connectivity index (χ4v) is 4.26. The molecule has 1 N–H and O–H groups in total. The van der Waals surface area contributed by atoms with Gasteiger partial charge in [0.05, 0.1) is 17.9 Å².